The molecule has 2 radical (unpaired) electrons. The second-order valence-corrected chi connectivity index (χ2v) is 52.2. The minimum Gasteiger partial charge on any atom is -1.00 e. The van der Waals surface area contributed by atoms with Crippen LogP contribution in [-0.2, 0) is 24.3 Å². The molecule has 0 amide bonds. The molecule has 0 rings (SSSR count). The summed E-state index contributed by atoms with van der Waals surface area (Å²) in [5.41, 5.74) is 0. The Morgan fingerprint density at radius 1 is 0.108 bits per heavy atom. The second-order valence-electron chi connectivity index (χ2n) is 36.1. The third-order valence-electron chi connectivity index (χ3n) is 23.9. The Labute approximate surface area is 807 Å². The molecular weight excluding hydrogens is 1720 g/mol. The number of hydrogen-bond acceptors (Lipinski definition) is 1. The van der Waals surface area contributed by atoms with Gasteiger partial charge in [-0.3, -0.25) is 4.79 Å². The van der Waals surface area contributed by atoms with Gasteiger partial charge in [-0.2, -0.15) is 0 Å². The Balaban J connectivity index is -0.000000131. The smallest absolute Gasteiger partial charge is 1.00 e. The Kier molecular flexibility index (Phi) is 178. The Bertz CT molecular complexity index is 1100. The van der Waals surface area contributed by atoms with Gasteiger partial charge in [0.2, 0.25) is 0 Å². The maximum Gasteiger partial charge on any atom is 3.00 e. The summed E-state index contributed by atoms with van der Waals surface area (Å²) in [5, 5.41) is 0. The van der Waals surface area contributed by atoms with Crippen LogP contribution in [0.4, 0.5) is 0 Å². The third kappa shape index (κ3) is 142. The Morgan fingerprint density at radius 3 is 0.200 bits per heavy atom. The van der Waals surface area contributed by atoms with Crippen molar-refractivity contribution in [2.75, 3.05) is 111 Å². The zero-order chi connectivity index (χ0) is 87.1. The van der Waals surface area contributed by atoms with E-state index in [-0.39, 0.29) is 56.7 Å². The zero-order valence-electron chi connectivity index (χ0n) is 86.7. The van der Waals surface area contributed by atoms with Crippen LogP contribution < -0.4 is 37.2 Å². The van der Waals surface area contributed by atoms with Gasteiger partial charge in [0.1, 0.15) is 0 Å². The van der Waals surface area contributed by atoms with E-state index in [1.165, 1.54) is 462 Å². The standard InChI is InChI=1S/6C18H39P.CO.3ClH.Rh/c6*1-4-7-10-13-16-19(17-14-11-8-5-2)18-15-12-9-6-3;1-2;;;;/h6*4-18H2,1-3H3;;3*1H;/q;;;;;;;;;;+3/p-3. The van der Waals surface area contributed by atoms with Gasteiger partial charge in [0, 0.05) is 0 Å². The monoisotopic (exact) mass is 1950 g/mol. The fourth-order valence-corrected chi connectivity index (χ4v) is 31.8. The maximum atomic E-state index is 7.50. The average molecular weight is 1960 g/mol. The van der Waals surface area contributed by atoms with Crippen LogP contribution in [0.15, 0.2) is 0 Å². The van der Waals surface area contributed by atoms with Gasteiger partial charge < -0.3 is 37.2 Å². The van der Waals surface area contributed by atoms with Gasteiger partial charge in [0.25, 0.3) is 6.79 Å². The van der Waals surface area contributed by atoms with Crippen molar-refractivity contribution in [3.63, 3.8) is 0 Å². The summed E-state index contributed by atoms with van der Waals surface area (Å²) in [6, 6.07) is 0. The molecule has 0 bridgehead atoms. The predicted octanol–water partition coefficient (Wildman–Crippen LogP) is 33.9. The van der Waals surface area contributed by atoms with E-state index >= 15 is 0 Å². The van der Waals surface area contributed by atoms with Gasteiger partial charge in [0.05, 0.1) is 0 Å². The molecule has 0 saturated carbocycles. The van der Waals surface area contributed by atoms with Crippen LogP contribution in [0.5, 0.6) is 0 Å². The largest absolute Gasteiger partial charge is 3.00 e. The summed E-state index contributed by atoms with van der Waals surface area (Å²) < 4.78 is 0. The molecule has 0 saturated heterocycles. The van der Waals surface area contributed by atoms with Crippen molar-refractivity contribution >= 4 is 54.3 Å². The van der Waals surface area contributed by atoms with Gasteiger partial charge in [-0.05, 0) is 226 Å². The van der Waals surface area contributed by atoms with E-state index in [0.29, 0.717) is 47.5 Å². The number of halogens is 3. The van der Waals surface area contributed by atoms with Crippen LogP contribution >= 0.6 is 47.5 Å². The molecule has 0 heterocycles. The summed E-state index contributed by atoms with van der Waals surface area (Å²) in [6.45, 7) is 46.2. The van der Waals surface area contributed by atoms with E-state index in [2.05, 4.69) is 131 Å². The first-order valence-electron chi connectivity index (χ1n) is 54.6. The molecule has 11 heteroatoms. The summed E-state index contributed by atoms with van der Waals surface area (Å²) >= 11 is 0. The molecule has 0 aromatic rings. The molecule has 736 valence electrons. The van der Waals surface area contributed by atoms with Crippen LogP contribution in [0.25, 0.3) is 0 Å². The van der Waals surface area contributed by atoms with Gasteiger partial charge in [-0.25, -0.2) is 0 Å². The molecule has 0 aromatic heterocycles. The van der Waals surface area contributed by atoms with E-state index in [9.17, 15) is 0 Å². The molecule has 0 atom stereocenters. The summed E-state index contributed by atoms with van der Waals surface area (Å²) in [6.07, 6.45) is 133. The van der Waals surface area contributed by atoms with Gasteiger partial charge >= 0.3 is 19.5 Å². The Hall–Kier alpha value is 3.74. The first-order valence-corrected chi connectivity index (χ1v) is 66.0. The summed E-state index contributed by atoms with van der Waals surface area (Å²) in [5.74, 6) is 0. The van der Waals surface area contributed by atoms with E-state index < -0.39 is 0 Å². The maximum absolute atomic E-state index is 7.50. The van der Waals surface area contributed by atoms with Gasteiger partial charge in [-0.1, -0.05) is 471 Å². The van der Waals surface area contributed by atoms with Crippen LogP contribution in [0.2, 0.25) is 0 Å². The van der Waals surface area contributed by atoms with Crippen molar-refractivity contribution in [3.8, 4) is 0 Å². The van der Waals surface area contributed by atoms with E-state index in [0.717, 1.165) is 0 Å². The number of rotatable bonds is 90. The Morgan fingerprint density at radius 2 is 0.158 bits per heavy atom. The molecule has 0 unspecified atom stereocenters. The molecule has 0 aliphatic heterocycles. The molecule has 0 spiro atoms. The molecular formula is C109H234Cl3OP6Rh. The minimum absolute atomic E-state index is 0. The normalized spacial score (nSPS) is 10.8. The fourth-order valence-electron chi connectivity index (χ4n) is 15.7. The van der Waals surface area contributed by atoms with Gasteiger partial charge in [0.15, 0.2) is 0 Å². The molecule has 0 aliphatic rings. The van der Waals surface area contributed by atoms with Crippen molar-refractivity contribution in [2.45, 2.75) is 587 Å². The average Bonchev–Trinajstić information content (AvgIpc) is 1.04. The van der Waals surface area contributed by atoms with Crippen LogP contribution in [0.1, 0.15) is 587 Å². The first-order chi connectivity index (χ1) is 57.1. The predicted molar refractivity (Wildman–Crippen MR) is 569 cm³/mol. The summed E-state index contributed by atoms with van der Waals surface area (Å²) in [7, 11) is 2.34. The van der Waals surface area contributed by atoms with Gasteiger partial charge in [-0.15, -0.1) is 47.5 Å². The van der Waals surface area contributed by atoms with E-state index in [1.807, 2.05) is 0 Å². The molecule has 120 heavy (non-hydrogen) atoms. The molecule has 1 nitrogen and oxygen atoms in total. The van der Waals surface area contributed by atoms with Crippen molar-refractivity contribution in [2.24, 2.45) is 0 Å². The molecule has 0 aromatic carbocycles. The van der Waals surface area contributed by atoms with E-state index in [1.54, 1.807) is 111 Å². The summed E-state index contributed by atoms with van der Waals surface area (Å²) in [4.78, 5) is 7.50. The number of carbonyl (C=O) groups excluding carboxylic acids is 1. The van der Waals surface area contributed by atoms with Crippen molar-refractivity contribution in [1.82, 2.24) is 0 Å². The van der Waals surface area contributed by atoms with Crippen molar-refractivity contribution in [1.29, 1.82) is 0 Å². The minimum atomic E-state index is 0. The van der Waals surface area contributed by atoms with Crippen LogP contribution in [0.3, 0.4) is 0 Å². The zero-order valence-corrected chi connectivity index (χ0v) is 96.0. The molecule has 0 N–H and O–H groups in total. The van der Waals surface area contributed by atoms with Crippen LogP contribution in [0, 0.1) is 0 Å². The quantitative estimate of drug-likeness (QED) is 0.0337. The topological polar surface area (TPSA) is 17.1 Å². The molecule has 0 aliphatic carbocycles. The fraction of sp³-hybridized carbons (Fsp3) is 0.991. The van der Waals surface area contributed by atoms with Crippen LogP contribution in [-0.4, -0.2) is 118 Å². The number of unbranched alkanes of at least 4 members (excludes halogenated alkanes) is 54. The number of hydrogen-bond donors (Lipinski definition) is 0. The second kappa shape index (κ2) is 146. The third-order valence-corrected chi connectivity index (χ3v) is 41.0. The van der Waals surface area contributed by atoms with Crippen molar-refractivity contribution in [3.05, 3.63) is 0 Å². The molecule has 0 fully saturated rings. The van der Waals surface area contributed by atoms with Crippen molar-refractivity contribution < 1.29 is 61.5 Å². The SMILES string of the molecule is CCCCCCP(CCCCCC)CCCCCC.CCCCCCP(CCCCCC)CCCCCC.CCCCCCP(CCCCCC)CCCCCC.CCCCCCP(CCCCCC)CCCCCC.CCCCCCP(CCCCCC)CCCCCC.CCCCCCP(CCCCCC)CCCCCC.[C]=O.[Cl-].[Cl-].[Cl-].[Rh+3]. The van der Waals surface area contributed by atoms with E-state index in [4.69, 9.17) is 4.79 Å². The first kappa shape index (κ1) is 147.